The molecule has 0 aliphatic rings. The zero-order chi connectivity index (χ0) is 39.9. The van der Waals surface area contributed by atoms with E-state index in [9.17, 15) is 0 Å². The van der Waals surface area contributed by atoms with E-state index in [1.165, 1.54) is 44.3 Å². The van der Waals surface area contributed by atoms with Crippen LogP contribution in [0, 0.1) is 26.8 Å². The molecule has 0 atom stereocenters. The third kappa shape index (κ3) is 5.86. The summed E-state index contributed by atoms with van der Waals surface area (Å²) in [4.78, 5) is 15.6. The van der Waals surface area contributed by atoms with E-state index in [0.717, 1.165) is 77.8 Å². The monoisotopic (exact) mass is 954 g/mol. The molecule has 0 unspecified atom stereocenters. The second-order valence-electron chi connectivity index (χ2n) is 16.2. The number of pyridine rings is 1. The largest absolute Gasteiger partial charge is 2.00 e. The van der Waals surface area contributed by atoms with Crippen molar-refractivity contribution in [2.45, 2.75) is 40.5 Å². The van der Waals surface area contributed by atoms with Crippen LogP contribution in [0.25, 0.3) is 99.8 Å². The van der Waals surface area contributed by atoms with Crippen LogP contribution in [0.5, 0.6) is 0 Å². The average Bonchev–Trinajstić information content (AvgIpc) is 3.93. The minimum Gasteiger partial charge on any atom is -0.656 e. The van der Waals surface area contributed by atoms with E-state index in [1.807, 2.05) is 12.3 Å². The van der Waals surface area contributed by atoms with Gasteiger partial charge in [0.2, 0.25) is 0 Å². The van der Waals surface area contributed by atoms with E-state index in [0.29, 0.717) is 0 Å². The maximum atomic E-state index is 5.55. The molecular weight excluding hydrogens is 914 g/mol. The molecule has 4 heterocycles. The van der Waals surface area contributed by atoms with E-state index in [-0.39, 0.29) is 27.0 Å². The Morgan fingerprint density at radius 1 is 0.633 bits per heavy atom. The van der Waals surface area contributed by atoms with Crippen molar-refractivity contribution in [3.05, 3.63) is 180 Å². The van der Waals surface area contributed by atoms with Gasteiger partial charge in [-0.1, -0.05) is 127 Å². The van der Waals surface area contributed by atoms with Gasteiger partial charge in [-0.15, -0.1) is 34.8 Å². The van der Waals surface area contributed by atoms with E-state index in [2.05, 4.69) is 189 Å². The Labute approximate surface area is 363 Å². The molecule has 0 saturated heterocycles. The number of aryl methyl sites for hydroxylation is 3. The number of para-hydroxylation sites is 4. The number of benzene rings is 7. The van der Waals surface area contributed by atoms with Gasteiger partial charge in [0, 0.05) is 23.0 Å². The summed E-state index contributed by atoms with van der Waals surface area (Å²) in [5, 5.41) is 4.62. The molecule has 6 heteroatoms. The van der Waals surface area contributed by atoms with Crippen LogP contribution in [0.2, 0.25) is 0 Å². The van der Waals surface area contributed by atoms with Gasteiger partial charge in [-0.2, -0.15) is 0 Å². The van der Waals surface area contributed by atoms with Gasteiger partial charge in [0.1, 0.15) is 11.6 Å². The van der Waals surface area contributed by atoms with Gasteiger partial charge in [-0.3, -0.25) is 4.57 Å². The normalized spacial score (nSPS) is 11.8. The molecule has 0 aliphatic carbocycles. The predicted molar refractivity (Wildman–Crippen MR) is 245 cm³/mol. The van der Waals surface area contributed by atoms with Gasteiger partial charge in [0.15, 0.2) is 0 Å². The van der Waals surface area contributed by atoms with Crippen LogP contribution in [0.1, 0.15) is 42.0 Å². The first-order chi connectivity index (χ1) is 28.8. The van der Waals surface area contributed by atoms with E-state index < -0.39 is 0 Å². The maximum absolute atomic E-state index is 5.55. The summed E-state index contributed by atoms with van der Waals surface area (Å²) in [6.07, 6.45) is 1.88. The summed E-state index contributed by atoms with van der Waals surface area (Å²) in [6.45, 7) is 11.2. The molecule has 11 aromatic rings. The third-order valence-corrected chi connectivity index (χ3v) is 12.0. The van der Waals surface area contributed by atoms with Gasteiger partial charge in [0.25, 0.3) is 0 Å². The molecular formula is C54H41N5Pt. The summed E-state index contributed by atoms with van der Waals surface area (Å²) in [7, 11) is 0. The third-order valence-electron chi connectivity index (χ3n) is 12.0. The Kier molecular flexibility index (Phi) is 9.19. The molecule has 292 valence electrons. The second kappa shape index (κ2) is 14.6. The number of hydrogen-bond acceptors (Lipinski definition) is 2. The fourth-order valence-electron chi connectivity index (χ4n) is 9.51. The van der Waals surface area contributed by atoms with E-state index in [1.54, 1.807) is 0 Å². The SMILES string of the molecule is Cc1cc(C)c(-c2cc(C(C)C)c3c(c2)c2ccc(-c4cccc5c4nc(-c4cccc6c4[n-]c4ccccc46)n5-c4ccccc4)[c-]c2n3-c2ccccn2)c(C)c1.[Pt+2]. The molecule has 0 saturated carbocycles. The smallest absolute Gasteiger partial charge is 0.656 e. The number of hydrogen-bond donors (Lipinski definition) is 0. The van der Waals surface area contributed by atoms with Crippen LogP contribution in [0.15, 0.2) is 152 Å². The van der Waals surface area contributed by atoms with Gasteiger partial charge in [0.05, 0.1) is 11.0 Å². The Balaban J connectivity index is 0.00000433. The zero-order valence-corrected chi connectivity index (χ0v) is 36.3. The molecule has 11 rings (SSSR count). The summed E-state index contributed by atoms with van der Waals surface area (Å²) >= 11 is 0. The molecule has 0 bridgehead atoms. The van der Waals surface area contributed by atoms with Crippen LogP contribution in [0.4, 0.5) is 0 Å². The van der Waals surface area contributed by atoms with Crippen molar-refractivity contribution in [3.63, 3.8) is 0 Å². The second-order valence-corrected chi connectivity index (χ2v) is 16.2. The Morgan fingerprint density at radius 2 is 1.37 bits per heavy atom. The van der Waals surface area contributed by atoms with Crippen LogP contribution >= 0.6 is 0 Å². The quantitative estimate of drug-likeness (QED) is 0.156. The Morgan fingerprint density at radius 3 is 2.15 bits per heavy atom. The van der Waals surface area contributed by atoms with Gasteiger partial charge in [-0.25, -0.2) is 9.97 Å². The predicted octanol–water partition coefficient (Wildman–Crippen LogP) is 13.6. The molecule has 4 aromatic heterocycles. The van der Waals surface area contributed by atoms with Gasteiger partial charge < -0.3 is 9.55 Å². The van der Waals surface area contributed by atoms with Crippen molar-refractivity contribution in [1.29, 1.82) is 0 Å². The first-order valence-electron chi connectivity index (χ1n) is 20.4. The minimum atomic E-state index is 0. The first kappa shape index (κ1) is 37.7. The number of fused-ring (bicyclic) bond motifs is 7. The molecule has 0 N–H and O–H groups in total. The number of rotatable bonds is 6. The number of aromatic nitrogens is 5. The first-order valence-corrected chi connectivity index (χ1v) is 20.4. The standard InChI is InChI=1S/C54H41N5.Pt/c1-32(2)44-29-37(50-34(4)27-33(3)28-35(50)5)30-45-41-25-24-36(31-48(41)59(53(44)45)49-23-11-12-26-55-49)39-18-14-22-47-52(39)57-54(58(47)38-15-7-6-8-16-38)43-20-13-19-42-40-17-9-10-21-46(40)56-51(42)43;/h6-30,32H,1-5H3;/q-2;+2. The summed E-state index contributed by atoms with van der Waals surface area (Å²) in [5.41, 5.74) is 17.7. The van der Waals surface area contributed by atoms with Crippen LogP contribution in [0.3, 0.4) is 0 Å². The zero-order valence-electron chi connectivity index (χ0n) is 34.1. The molecule has 0 aliphatic heterocycles. The summed E-state index contributed by atoms with van der Waals surface area (Å²) in [5.74, 6) is 1.99. The van der Waals surface area contributed by atoms with Crippen LogP contribution < -0.4 is 4.98 Å². The van der Waals surface area contributed by atoms with E-state index >= 15 is 0 Å². The average molecular weight is 955 g/mol. The molecule has 0 spiro atoms. The number of nitrogens with zero attached hydrogens (tertiary/aromatic N) is 5. The van der Waals surface area contributed by atoms with Gasteiger partial charge in [-0.05, 0) is 113 Å². The molecule has 0 amide bonds. The van der Waals surface area contributed by atoms with Crippen molar-refractivity contribution < 1.29 is 21.1 Å². The van der Waals surface area contributed by atoms with Crippen molar-refractivity contribution in [1.82, 2.24) is 24.1 Å². The molecule has 5 nitrogen and oxygen atoms in total. The maximum Gasteiger partial charge on any atom is 2.00 e. The minimum absolute atomic E-state index is 0. The topological polar surface area (TPSA) is 49.7 Å². The Hall–Kier alpha value is -6.55. The summed E-state index contributed by atoms with van der Waals surface area (Å²) < 4.78 is 4.60. The fourth-order valence-corrected chi connectivity index (χ4v) is 9.51. The van der Waals surface area contributed by atoms with Crippen molar-refractivity contribution in [2.75, 3.05) is 0 Å². The molecule has 0 fully saturated rings. The number of imidazole rings is 1. The van der Waals surface area contributed by atoms with Crippen molar-refractivity contribution in [2.24, 2.45) is 0 Å². The molecule has 0 radical (unpaired) electrons. The van der Waals surface area contributed by atoms with Crippen LogP contribution in [-0.4, -0.2) is 19.1 Å². The molecule has 60 heavy (non-hydrogen) atoms. The van der Waals surface area contributed by atoms with Crippen LogP contribution in [-0.2, 0) is 21.1 Å². The van der Waals surface area contributed by atoms with Gasteiger partial charge >= 0.3 is 21.1 Å². The summed E-state index contributed by atoms with van der Waals surface area (Å²) in [6, 6.07) is 55.8. The van der Waals surface area contributed by atoms with Crippen molar-refractivity contribution in [3.8, 4) is 45.1 Å². The van der Waals surface area contributed by atoms with E-state index in [4.69, 9.17) is 15.0 Å². The van der Waals surface area contributed by atoms with Crippen molar-refractivity contribution >= 4 is 54.6 Å². The Bertz CT molecular complexity index is 3420. The fraction of sp³-hybridized carbons (Fsp3) is 0.111. The molecule has 7 aromatic carbocycles.